The predicted molar refractivity (Wildman–Crippen MR) is 91.2 cm³/mol. The molecule has 0 radical (unpaired) electrons. The van der Waals surface area contributed by atoms with Crippen molar-refractivity contribution in [3.63, 3.8) is 0 Å². The van der Waals surface area contributed by atoms with Gasteiger partial charge in [-0.15, -0.1) is 0 Å². The van der Waals surface area contributed by atoms with Gasteiger partial charge in [0.15, 0.2) is 0 Å². The molecule has 0 fully saturated rings. The van der Waals surface area contributed by atoms with E-state index in [4.69, 9.17) is 27.9 Å². The van der Waals surface area contributed by atoms with Crippen molar-refractivity contribution in [3.8, 4) is 5.75 Å². The van der Waals surface area contributed by atoms with E-state index in [-0.39, 0.29) is 15.6 Å². The molecule has 0 saturated heterocycles. The molecule has 1 amide bonds. The van der Waals surface area contributed by atoms with Gasteiger partial charge in [-0.3, -0.25) is 4.79 Å². The second-order valence-corrected chi connectivity index (χ2v) is 5.71. The Morgan fingerprint density at radius 2 is 1.96 bits per heavy atom. The van der Waals surface area contributed by atoms with E-state index in [1.807, 2.05) is 6.07 Å². The number of unbranched alkanes of at least 4 members (excludes halogenated alkanes) is 1. The van der Waals surface area contributed by atoms with Crippen LogP contribution in [0.2, 0.25) is 10.0 Å². The molecule has 23 heavy (non-hydrogen) atoms. The number of carbonyl (C=O) groups is 1. The van der Waals surface area contributed by atoms with Crippen molar-refractivity contribution in [1.29, 1.82) is 0 Å². The first-order chi connectivity index (χ1) is 11.0. The molecule has 0 heterocycles. The quantitative estimate of drug-likeness (QED) is 0.543. The zero-order valence-corrected chi connectivity index (χ0v) is 14.0. The Bertz CT molecular complexity index is 707. The zero-order valence-electron chi connectivity index (χ0n) is 12.5. The zero-order chi connectivity index (χ0) is 16.8. The Kier molecular flexibility index (Phi) is 6.25. The Labute approximate surface area is 144 Å². The Balaban J connectivity index is 2.19. The van der Waals surface area contributed by atoms with Crippen LogP contribution in [0.4, 0.5) is 10.1 Å². The van der Waals surface area contributed by atoms with Crippen LogP contribution in [-0.4, -0.2) is 12.5 Å². The lowest BCUT2D eigenvalue weighted by molar-refractivity contribution is 0.102. The van der Waals surface area contributed by atoms with Crippen molar-refractivity contribution in [1.82, 2.24) is 0 Å². The fourth-order valence-corrected chi connectivity index (χ4v) is 2.38. The highest BCUT2D eigenvalue weighted by Crippen LogP contribution is 2.28. The van der Waals surface area contributed by atoms with Crippen molar-refractivity contribution in [2.45, 2.75) is 19.8 Å². The number of nitrogens with one attached hydrogen (secondary N) is 1. The molecule has 0 atom stereocenters. The smallest absolute Gasteiger partial charge is 0.257 e. The van der Waals surface area contributed by atoms with Crippen LogP contribution in [-0.2, 0) is 0 Å². The van der Waals surface area contributed by atoms with Crippen LogP contribution in [0.1, 0.15) is 30.1 Å². The summed E-state index contributed by atoms with van der Waals surface area (Å²) in [5, 5.41) is 2.64. The third-order valence-electron chi connectivity index (χ3n) is 3.15. The van der Waals surface area contributed by atoms with Crippen LogP contribution >= 0.6 is 23.2 Å². The van der Waals surface area contributed by atoms with Gasteiger partial charge in [0.2, 0.25) is 0 Å². The minimum Gasteiger partial charge on any atom is -0.491 e. The summed E-state index contributed by atoms with van der Waals surface area (Å²) in [7, 11) is 0. The molecule has 0 unspecified atom stereocenters. The van der Waals surface area contributed by atoms with Gasteiger partial charge in [0.1, 0.15) is 11.6 Å². The van der Waals surface area contributed by atoms with Crippen molar-refractivity contribution >= 4 is 34.8 Å². The second-order valence-electron chi connectivity index (χ2n) is 4.90. The normalized spacial score (nSPS) is 10.4. The topological polar surface area (TPSA) is 38.3 Å². The average molecular weight is 356 g/mol. The summed E-state index contributed by atoms with van der Waals surface area (Å²) < 4.78 is 19.2. The van der Waals surface area contributed by atoms with E-state index in [9.17, 15) is 9.18 Å². The van der Waals surface area contributed by atoms with Crippen molar-refractivity contribution in [2.24, 2.45) is 0 Å². The van der Waals surface area contributed by atoms with Gasteiger partial charge in [-0.25, -0.2) is 4.39 Å². The first kappa shape index (κ1) is 17.6. The Morgan fingerprint density at radius 3 is 2.70 bits per heavy atom. The summed E-state index contributed by atoms with van der Waals surface area (Å²) in [6.07, 6.45) is 1.92. The minimum atomic E-state index is -0.700. The summed E-state index contributed by atoms with van der Waals surface area (Å²) >= 11 is 11.6. The lowest BCUT2D eigenvalue weighted by Gasteiger charge is -2.13. The fourth-order valence-electron chi connectivity index (χ4n) is 1.91. The van der Waals surface area contributed by atoms with Gasteiger partial charge in [-0.1, -0.05) is 48.7 Å². The number of para-hydroxylation sites is 2. The molecule has 0 aliphatic rings. The van der Waals surface area contributed by atoms with Crippen molar-refractivity contribution < 1.29 is 13.9 Å². The lowest BCUT2D eigenvalue weighted by atomic mass is 10.2. The molecule has 0 aliphatic carbocycles. The van der Waals surface area contributed by atoms with Crippen LogP contribution < -0.4 is 10.1 Å². The molecule has 122 valence electrons. The standard InChI is InChI=1S/C17H16Cl2FNO2/c1-2-3-8-23-16-7-5-4-6-15(16)21-17(22)11-9-14(20)13(19)10-12(11)18/h4-7,9-10H,2-3,8H2,1H3,(H,21,22). The summed E-state index contributed by atoms with van der Waals surface area (Å²) in [6.45, 7) is 2.62. The van der Waals surface area contributed by atoms with Crippen molar-refractivity contribution in [2.75, 3.05) is 11.9 Å². The summed E-state index contributed by atoms with van der Waals surface area (Å²) in [4.78, 5) is 12.3. The number of anilines is 1. The van der Waals surface area contributed by atoms with E-state index in [1.165, 1.54) is 6.07 Å². The molecule has 0 bridgehead atoms. The van der Waals surface area contributed by atoms with Gasteiger partial charge in [0, 0.05) is 0 Å². The Morgan fingerprint density at radius 1 is 1.22 bits per heavy atom. The van der Waals surface area contributed by atoms with Crippen LogP contribution in [0.3, 0.4) is 0 Å². The molecule has 3 nitrogen and oxygen atoms in total. The molecule has 6 heteroatoms. The third kappa shape index (κ3) is 4.60. The van der Waals surface area contributed by atoms with E-state index >= 15 is 0 Å². The molecule has 2 aromatic carbocycles. The SMILES string of the molecule is CCCCOc1ccccc1NC(=O)c1cc(F)c(Cl)cc1Cl. The molecule has 2 rings (SSSR count). The van der Waals surface area contributed by atoms with Crippen molar-refractivity contribution in [3.05, 3.63) is 57.8 Å². The summed E-state index contributed by atoms with van der Waals surface area (Å²) in [5.74, 6) is -0.675. The highest BCUT2D eigenvalue weighted by atomic mass is 35.5. The number of amides is 1. The van der Waals surface area contributed by atoms with Crippen LogP contribution in [0.25, 0.3) is 0 Å². The third-order valence-corrected chi connectivity index (χ3v) is 3.75. The maximum atomic E-state index is 13.5. The van der Waals surface area contributed by atoms with Gasteiger partial charge in [-0.2, -0.15) is 0 Å². The number of rotatable bonds is 6. The number of hydrogen-bond donors (Lipinski definition) is 1. The number of carbonyl (C=O) groups excluding carboxylic acids is 1. The second kappa shape index (κ2) is 8.18. The van der Waals surface area contributed by atoms with Gasteiger partial charge in [0.05, 0.1) is 27.9 Å². The van der Waals surface area contributed by atoms with Gasteiger partial charge < -0.3 is 10.1 Å². The molecule has 2 aromatic rings. The fraction of sp³-hybridized carbons (Fsp3) is 0.235. The summed E-state index contributed by atoms with van der Waals surface area (Å²) in [6, 6.07) is 9.27. The van der Waals surface area contributed by atoms with Gasteiger partial charge >= 0.3 is 0 Å². The monoisotopic (exact) mass is 355 g/mol. The number of hydrogen-bond acceptors (Lipinski definition) is 2. The van der Waals surface area contributed by atoms with E-state index in [1.54, 1.807) is 18.2 Å². The molecule has 0 saturated carbocycles. The highest BCUT2D eigenvalue weighted by Gasteiger charge is 2.16. The van der Waals surface area contributed by atoms with Crippen LogP contribution in [0.5, 0.6) is 5.75 Å². The Hall–Kier alpha value is -1.78. The largest absolute Gasteiger partial charge is 0.491 e. The molecular formula is C17H16Cl2FNO2. The first-order valence-corrected chi connectivity index (χ1v) is 7.96. The molecule has 0 aliphatic heterocycles. The highest BCUT2D eigenvalue weighted by molar-refractivity contribution is 6.37. The molecular weight excluding hydrogens is 340 g/mol. The van der Waals surface area contributed by atoms with E-state index in [2.05, 4.69) is 12.2 Å². The maximum absolute atomic E-state index is 13.5. The number of benzene rings is 2. The van der Waals surface area contributed by atoms with Gasteiger partial charge in [-0.05, 0) is 30.7 Å². The number of ether oxygens (including phenoxy) is 1. The molecule has 0 spiro atoms. The summed E-state index contributed by atoms with van der Waals surface area (Å²) in [5.41, 5.74) is 0.511. The average Bonchev–Trinajstić information content (AvgIpc) is 2.52. The number of halogens is 3. The maximum Gasteiger partial charge on any atom is 0.257 e. The minimum absolute atomic E-state index is 0.0110. The van der Waals surface area contributed by atoms with E-state index < -0.39 is 11.7 Å². The molecule has 1 N–H and O–H groups in total. The van der Waals surface area contributed by atoms with E-state index in [0.29, 0.717) is 18.0 Å². The predicted octanol–water partition coefficient (Wildman–Crippen LogP) is 5.56. The van der Waals surface area contributed by atoms with Crippen LogP contribution in [0.15, 0.2) is 36.4 Å². The molecule has 0 aromatic heterocycles. The van der Waals surface area contributed by atoms with Crippen LogP contribution in [0, 0.1) is 5.82 Å². The lowest BCUT2D eigenvalue weighted by Crippen LogP contribution is -2.14. The first-order valence-electron chi connectivity index (χ1n) is 7.20. The van der Waals surface area contributed by atoms with E-state index in [0.717, 1.165) is 18.9 Å². The van der Waals surface area contributed by atoms with Gasteiger partial charge in [0.25, 0.3) is 5.91 Å².